The van der Waals surface area contributed by atoms with E-state index in [0.29, 0.717) is 16.4 Å². The Bertz CT molecular complexity index is 432. The molecule has 1 fully saturated rings. The van der Waals surface area contributed by atoms with Gasteiger partial charge in [0.05, 0.1) is 10.6 Å². The van der Waals surface area contributed by atoms with E-state index in [4.69, 9.17) is 11.6 Å². The molecular formula is C13H18ClN3O. The summed E-state index contributed by atoms with van der Waals surface area (Å²) in [5, 5.41) is 6.23. The van der Waals surface area contributed by atoms with Crippen LogP contribution in [0.1, 0.15) is 36.0 Å². The van der Waals surface area contributed by atoms with Crippen molar-refractivity contribution in [2.45, 2.75) is 25.7 Å². The first kappa shape index (κ1) is 13.1. The number of carbonyl (C=O) groups excluding carboxylic acids is 1. The molecule has 0 radical (unpaired) electrons. The Morgan fingerprint density at radius 1 is 1.56 bits per heavy atom. The molecule has 1 heterocycles. The van der Waals surface area contributed by atoms with Gasteiger partial charge in [0.15, 0.2) is 0 Å². The maximum absolute atomic E-state index is 11.9. The molecule has 0 aliphatic heterocycles. The van der Waals surface area contributed by atoms with Gasteiger partial charge in [-0.3, -0.25) is 4.79 Å². The van der Waals surface area contributed by atoms with E-state index in [1.54, 1.807) is 13.1 Å². The fourth-order valence-corrected chi connectivity index (χ4v) is 2.28. The van der Waals surface area contributed by atoms with Gasteiger partial charge in [-0.1, -0.05) is 30.9 Å². The number of hydrogen-bond acceptors (Lipinski definition) is 3. The van der Waals surface area contributed by atoms with Crippen molar-refractivity contribution < 1.29 is 4.79 Å². The number of carbonyl (C=O) groups is 1. The number of nitrogens with one attached hydrogen (secondary N) is 2. The van der Waals surface area contributed by atoms with Gasteiger partial charge < -0.3 is 10.6 Å². The third-order valence-corrected chi connectivity index (χ3v) is 3.69. The Hall–Kier alpha value is -1.29. The molecule has 2 N–H and O–H groups in total. The zero-order valence-corrected chi connectivity index (χ0v) is 11.3. The Kier molecular flexibility index (Phi) is 4.42. The molecule has 1 aromatic heterocycles. The molecule has 0 unspecified atom stereocenters. The van der Waals surface area contributed by atoms with Crippen LogP contribution in [-0.2, 0) is 0 Å². The minimum absolute atomic E-state index is 0.105. The first-order valence-corrected chi connectivity index (χ1v) is 6.70. The van der Waals surface area contributed by atoms with Crippen LogP contribution >= 0.6 is 11.6 Å². The monoisotopic (exact) mass is 267 g/mol. The molecule has 1 aliphatic rings. The van der Waals surface area contributed by atoms with E-state index in [2.05, 4.69) is 15.6 Å². The normalized spacial score (nSPS) is 15.0. The summed E-state index contributed by atoms with van der Waals surface area (Å²) in [7, 11) is 1.74. The van der Waals surface area contributed by atoms with Gasteiger partial charge in [-0.25, -0.2) is 4.98 Å². The molecule has 1 aliphatic carbocycles. The second kappa shape index (κ2) is 6.05. The molecular weight excluding hydrogens is 250 g/mol. The molecule has 0 bridgehead atoms. The lowest BCUT2D eigenvalue weighted by Crippen LogP contribution is -2.27. The average Bonchev–Trinajstić information content (AvgIpc) is 2.32. The van der Waals surface area contributed by atoms with Crippen LogP contribution in [0.5, 0.6) is 0 Å². The van der Waals surface area contributed by atoms with Crippen molar-refractivity contribution in [3.05, 3.63) is 22.8 Å². The second-order valence-electron chi connectivity index (χ2n) is 4.65. The molecule has 1 amide bonds. The Morgan fingerprint density at radius 2 is 2.33 bits per heavy atom. The van der Waals surface area contributed by atoms with Crippen LogP contribution in [-0.4, -0.2) is 24.5 Å². The summed E-state index contributed by atoms with van der Waals surface area (Å²) in [5.41, 5.74) is 0.507. The van der Waals surface area contributed by atoms with Crippen LogP contribution in [0.3, 0.4) is 0 Å². The van der Waals surface area contributed by atoms with E-state index < -0.39 is 0 Å². The van der Waals surface area contributed by atoms with Gasteiger partial charge >= 0.3 is 0 Å². The summed E-state index contributed by atoms with van der Waals surface area (Å²) in [5.74, 6) is 1.28. The van der Waals surface area contributed by atoms with Crippen LogP contribution in [0.25, 0.3) is 0 Å². The van der Waals surface area contributed by atoms with Crippen molar-refractivity contribution in [1.82, 2.24) is 10.3 Å². The fraction of sp³-hybridized carbons (Fsp3) is 0.538. The highest BCUT2D eigenvalue weighted by Crippen LogP contribution is 2.28. The van der Waals surface area contributed by atoms with Crippen LogP contribution in [0, 0.1) is 5.92 Å². The van der Waals surface area contributed by atoms with Gasteiger partial charge in [0.1, 0.15) is 5.82 Å². The number of amides is 1. The number of nitrogens with zero attached hydrogens (tertiary/aromatic N) is 1. The first-order chi connectivity index (χ1) is 8.70. The summed E-state index contributed by atoms with van der Waals surface area (Å²) in [4.78, 5) is 15.9. The lowest BCUT2D eigenvalue weighted by Gasteiger charge is -2.25. The number of halogens is 1. The van der Waals surface area contributed by atoms with E-state index in [0.717, 1.165) is 18.9 Å². The van der Waals surface area contributed by atoms with Gasteiger partial charge in [-0.15, -0.1) is 0 Å². The molecule has 0 spiro atoms. The van der Waals surface area contributed by atoms with Gasteiger partial charge in [0, 0.05) is 19.8 Å². The number of rotatable bonds is 5. The smallest absolute Gasteiger partial charge is 0.252 e. The minimum Gasteiger partial charge on any atom is -0.372 e. The van der Waals surface area contributed by atoms with Gasteiger partial charge in [-0.05, 0) is 18.4 Å². The standard InChI is InChI=1S/C13H18ClN3O/c1-15-12-11(14)7-10(8-17-12)13(18)16-6-5-9-3-2-4-9/h7-9H,2-6H2,1H3,(H,15,17)(H,16,18). The Labute approximate surface area is 112 Å². The predicted molar refractivity (Wildman–Crippen MR) is 73.1 cm³/mol. The van der Waals surface area contributed by atoms with E-state index in [1.165, 1.54) is 25.5 Å². The average molecular weight is 268 g/mol. The van der Waals surface area contributed by atoms with Crippen LogP contribution in [0.4, 0.5) is 5.82 Å². The summed E-state index contributed by atoms with van der Waals surface area (Å²) in [6.07, 6.45) is 6.56. The van der Waals surface area contributed by atoms with E-state index in [9.17, 15) is 4.79 Å². The van der Waals surface area contributed by atoms with Crippen molar-refractivity contribution in [3.8, 4) is 0 Å². The number of aromatic nitrogens is 1. The van der Waals surface area contributed by atoms with Crippen LogP contribution in [0.15, 0.2) is 12.3 Å². The topological polar surface area (TPSA) is 54.0 Å². The molecule has 1 saturated carbocycles. The predicted octanol–water partition coefficient (Wildman–Crippen LogP) is 2.70. The third kappa shape index (κ3) is 3.13. The first-order valence-electron chi connectivity index (χ1n) is 6.32. The summed E-state index contributed by atoms with van der Waals surface area (Å²) < 4.78 is 0. The minimum atomic E-state index is -0.105. The second-order valence-corrected chi connectivity index (χ2v) is 5.05. The Morgan fingerprint density at radius 3 is 2.89 bits per heavy atom. The van der Waals surface area contributed by atoms with Crippen molar-refractivity contribution >= 4 is 23.3 Å². The number of anilines is 1. The lowest BCUT2D eigenvalue weighted by atomic mass is 9.83. The summed E-state index contributed by atoms with van der Waals surface area (Å²) >= 11 is 5.98. The SMILES string of the molecule is CNc1ncc(C(=O)NCCC2CCC2)cc1Cl. The fourth-order valence-electron chi connectivity index (χ4n) is 2.02. The lowest BCUT2D eigenvalue weighted by molar-refractivity contribution is 0.0948. The highest BCUT2D eigenvalue weighted by Gasteiger charge is 2.17. The molecule has 18 heavy (non-hydrogen) atoms. The number of hydrogen-bond donors (Lipinski definition) is 2. The van der Waals surface area contributed by atoms with Crippen molar-refractivity contribution in [2.24, 2.45) is 5.92 Å². The zero-order valence-electron chi connectivity index (χ0n) is 10.5. The van der Waals surface area contributed by atoms with E-state index in [1.807, 2.05) is 0 Å². The quantitative estimate of drug-likeness (QED) is 0.862. The molecule has 5 heteroatoms. The van der Waals surface area contributed by atoms with Crippen LogP contribution in [0.2, 0.25) is 5.02 Å². The molecule has 4 nitrogen and oxygen atoms in total. The van der Waals surface area contributed by atoms with Gasteiger partial charge in [0.25, 0.3) is 5.91 Å². The highest BCUT2D eigenvalue weighted by atomic mass is 35.5. The molecule has 98 valence electrons. The van der Waals surface area contributed by atoms with Crippen molar-refractivity contribution in [2.75, 3.05) is 18.9 Å². The van der Waals surface area contributed by atoms with Gasteiger partial charge in [-0.2, -0.15) is 0 Å². The van der Waals surface area contributed by atoms with Gasteiger partial charge in [0.2, 0.25) is 0 Å². The molecule has 0 aromatic carbocycles. The van der Waals surface area contributed by atoms with Crippen LogP contribution < -0.4 is 10.6 Å². The summed E-state index contributed by atoms with van der Waals surface area (Å²) in [6.45, 7) is 0.731. The van der Waals surface area contributed by atoms with Crippen molar-refractivity contribution in [1.29, 1.82) is 0 Å². The largest absolute Gasteiger partial charge is 0.372 e. The summed E-state index contributed by atoms with van der Waals surface area (Å²) in [6, 6.07) is 1.64. The van der Waals surface area contributed by atoms with E-state index in [-0.39, 0.29) is 5.91 Å². The highest BCUT2D eigenvalue weighted by molar-refractivity contribution is 6.33. The van der Waals surface area contributed by atoms with Crippen molar-refractivity contribution in [3.63, 3.8) is 0 Å². The molecule has 0 atom stereocenters. The zero-order chi connectivity index (χ0) is 13.0. The number of pyridine rings is 1. The molecule has 1 aromatic rings. The molecule has 2 rings (SSSR count). The maximum atomic E-state index is 11.9. The van der Waals surface area contributed by atoms with E-state index >= 15 is 0 Å². The maximum Gasteiger partial charge on any atom is 0.252 e. The Balaban J connectivity index is 1.85. The third-order valence-electron chi connectivity index (χ3n) is 3.40. The molecule has 0 saturated heterocycles.